The number of nitriles is 1. The zero-order chi connectivity index (χ0) is 14.5. The van der Waals surface area contributed by atoms with E-state index < -0.39 is 5.92 Å². The van der Waals surface area contributed by atoms with Gasteiger partial charge in [0, 0.05) is 3.57 Å². The Kier molecular flexibility index (Phi) is 4.99. The Balaban J connectivity index is 2.21. The first kappa shape index (κ1) is 14.8. The van der Waals surface area contributed by atoms with Gasteiger partial charge in [0.2, 0.25) is 5.91 Å². The summed E-state index contributed by atoms with van der Waals surface area (Å²) in [7, 11) is 0. The number of benzene rings is 2. The van der Waals surface area contributed by atoms with E-state index in [-0.39, 0.29) is 5.91 Å². The van der Waals surface area contributed by atoms with Gasteiger partial charge in [-0.3, -0.25) is 4.79 Å². The van der Waals surface area contributed by atoms with Gasteiger partial charge < -0.3 is 5.32 Å². The van der Waals surface area contributed by atoms with Gasteiger partial charge in [0.25, 0.3) is 0 Å². The summed E-state index contributed by atoms with van der Waals surface area (Å²) in [5.74, 6) is -1.24. The highest BCUT2D eigenvalue weighted by atomic mass is 127. The zero-order valence-electron chi connectivity index (χ0n) is 10.3. The van der Waals surface area contributed by atoms with Crippen molar-refractivity contribution in [2.24, 2.45) is 0 Å². The van der Waals surface area contributed by atoms with Crippen LogP contribution in [0, 0.1) is 14.9 Å². The molecule has 0 aliphatic rings. The molecule has 3 nitrogen and oxygen atoms in total. The maximum absolute atomic E-state index is 12.2. The molecule has 0 aliphatic heterocycles. The Hall–Kier alpha value is -1.58. The number of hydrogen-bond donors (Lipinski definition) is 1. The molecule has 0 saturated heterocycles. The van der Waals surface area contributed by atoms with Crippen molar-refractivity contribution in [3.05, 3.63) is 62.7 Å². The monoisotopic (exact) mass is 396 g/mol. The number of carbonyl (C=O) groups excluding carboxylic acids is 1. The van der Waals surface area contributed by atoms with E-state index in [0.717, 1.165) is 3.57 Å². The second-order valence-corrected chi connectivity index (χ2v) is 5.74. The van der Waals surface area contributed by atoms with Crippen molar-refractivity contribution in [2.75, 3.05) is 5.32 Å². The van der Waals surface area contributed by atoms with Crippen LogP contribution in [0.2, 0.25) is 5.02 Å². The highest BCUT2D eigenvalue weighted by Crippen LogP contribution is 2.25. The van der Waals surface area contributed by atoms with Gasteiger partial charge >= 0.3 is 0 Å². The van der Waals surface area contributed by atoms with Crippen molar-refractivity contribution in [3.8, 4) is 6.07 Å². The van der Waals surface area contributed by atoms with Gasteiger partial charge in [-0.05, 0) is 46.4 Å². The predicted molar refractivity (Wildman–Crippen MR) is 87.6 cm³/mol. The van der Waals surface area contributed by atoms with Crippen LogP contribution < -0.4 is 5.32 Å². The third-order valence-electron chi connectivity index (χ3n) is 2.71. The molecule has 0 heterocycles. The summed E-state index contributed by atoms with van der Waals surface area (Å²) in [5.41, 5.74) is 1.17. The van der Waals surface area contributed by atoms with Gasteiger partial charge in [-0.2, -0.15) is 5.26 Å². The van der Waals surface area contributed by atoms with Crippen LogP contribution in [-0.2, 0) is 4.79 Å². The van der Waals surface area contributed by atoms with Crippen LogP contribution in [0.25, 0.3) is 0 Å². The van der Waals surface area contributed by atoms with Crippen LogP contribution in [0.15, 0.2) is 48.5 Å². The summed E-state index contributed by atoms with van der Waals surface area (Å²) in [6.07, 6.45) is 0. The SMILES string of the molecule is N#CC(C(=O)Nc1ccc(I)cc1Cl)c1ccccc1. The van der Waals surface area contributed by atoms with E-state index in [4.69, 9.17) is 11.6 Å². The fourth-order valence-electron chi connectivity index (χ4n) is 1.73. The molecule has 2 aromatic carbocycles. The molecule has 0 radical (unpaired) electrons. The van der Waals surface area contributed by atoms with Gasteiger partial charge in [-0.15, -0.1) is 0 Å². The minimum Gasteiger partial charge on any atom is -0.323 e. The van der Waals surface area contributed by atoms with Crippen LogP contribution in [0.4, 0.5) is 5.69 Å². The number of nitrogens with one attached hydrogen (secondary N) is 1. The summed E-state index contributed by atoms with van der Waals surface area (Å²) in [6, 6.07) is 16.3. The lowest BCUT2D eigenvalue weighted by atomic mass is 10.00. The Labute approximate surface area is 135 Å². The van der Waals surface area contributed by atoms with Gasteiger partial charge in [-0.25, -0.2) is 0 Å². The highest BCUT2D eigenvalue weighted by Gasteiger charge is 2.20. The minimum atomic E-state index is -0.855. The molecule has 0 spiro atoms. The van der Waals surface area contributed by atoms with Crippen LogP contribution in [-0.4, -0.2) is 5.91 Å². The second kappa shape index (κ2) is 6.73. The lowest BCUT2D eigenvalue weighted by molar-refractivity contribution is -0.116. The molecule has 0 bridgehead atoms. The largest absolute Gasteiger partial charge is 0.323 e. The molecule has 2 aromatic rings. The summed E-state index contributed by atoms with van der Waals surface area (Å²) in [5, 5.41) is 12.3. The average molecular weight is 397 g/mol. The minimum absolute atomic E-state index is 0.387. The normalized spacial score (nSPS) is 11.4. The third kappa shape index (κ3) is 3.50. The van der Waals surface area contributed by atoms with Crippen LogP contribution in [0.3, 0.4) is 0 Å². The molecule has 0 aromatic heterocycles. The summed E-state index contributed by atoms with van der Waals surface area (Å²) < 4.78 is 0.977. The molecule has 1 unspecified atom stereocenters. The number of rotatable bonds is 3. The summed E-state index contributed by atoms with van der Waals surface area (Å²) in [4.78, 5) is 12.2. The van der Waals surface area contributed by atoms with E-state index in [9.17, 15) is 10.1 Å². The molecule has 0 aliphatic carbocycles. The molecule has 100 valence electrons. The Bertz CT molecular complexity index is 667. The van der Waals surface area contributed by atoms with Gasteiger partial charge in [-0.1, -0.05) is 41.9 Å². The molecule has 1 amide bonds. The number of anilines is 1. The second-order valence-electron chi connectivity index (χ2n) is 4.09. The standard InChI is InChI=1S/C15H10ClIN2O/c16-13-8-11(17)6-7-14(13)19-15(20)12(9-18)10-4-2-1-3-5-10/h1-8,12H,(H,19,20). The Morgan fingerprint density at radius 1 is 1.25 bits per heavy atom. The zero-order valence-corrected chi connectivity index (χ0v) is 13.2. The summed E-state index contributed by atoms with van der Waals surface area (Å²) >= 11 is 8.20. The first-order valence-corrected chi connectivity index (χ1v) is 7.28. The fraction of sp³-hybridized carbons (Fsp3) is 0.0667. The quantitative estimate of drug-likeness (QED) is 0.791. The van der Waals surface area contributed by atoms with E-state index in [1.165, 1.54) is 0 Å². The van der Waals surface area contributed by atoms with Crippen molar-refractivity contribution in [1.82, 2.24) is 0 Å². The van der Waals surface area contributed by atoms with E-state index in [1.54, 1.807) is 36.4 Å². The van der Waals surface area contributed by atoms with Crippen molar-refractivity contribution >= 4 is 45.8 Å². The Morgan fingerprint density at radius 3 is 2.55 bits per heavy atom. The highest BCUT2D eigenvalue weighted by molar-refractivity contribution is 14.1. The van der Waals surface area contributed by atoms with Crippen LogP contribution in [0.1, 0.15) is 11.5 Å². The fourth-order valence-corrected chi connectivity index (χ4v) is 2.63. The molecule has 0 fully saturated rings. The van der Waals surface area contributed by atoms with E-state index in [0.29, 0.717) is 16.3 Å². The van der Waals surface area contributed by atoms with Crippen LogP contribution in [0.5, 0.6) is 0 Å². The molecule has 2 rings (SSSR count). The van der Waals surface area contributed by atoms with Crippen molar-refractivity contribution in [1.29, 1.82) is 5.26 Å². The van der Waals surface area contributed by atoms with Crippen molar-refractivity contribution in [3.63, 3.8) is 0 Å². The predicted octanol–water partition coefficient (Wildman–Crippen LogP) is 4.19. The van der Waals surface area contributed by atoms with Crippen molar-refractivity contribution < 1.29 is 4.79 Å². The first-order valence-electron chi connectivity index (χ1n) is 5.82. The van der Waals surface area contributed by atoms with E-state index >= 15 is 0 Å². The molecule has 20 heavy (non-hydrogen) atoms. The molecule has 5 heteroatoms. The van der Waals surface area contributed by atoms with Gasteiger partial charge in [0.05, 0.1) is 16.8 Å². The smallest absolute Gasteiger partial charge is 0.246 e. The lowest BCUT2D eigenvalue weighted by Crippen LogP contribution is -2.20. The first-order chi connectivity index (χ1) is 9.61. The lowest BCUT2D eigenvalue weighted by Gasteiger charge is -2.11. The number of nitrogens with zero attached hydrogens (tertiary/aromatic N) is 1. The molecule has 0 saturated carbocycles. The number of carbonyl (C=O) groups is 1. The number of amides is 1. The number of halogens is 2. The van der Waals surface area contributed by atoms with Gasteiger partial charge in [0.15, 0.2) is 5.92 Å². The number of hydrogen-bond acceptors (Lipinski definition) is 2. The van der Waals surface area contributed by atoms with E-state index in [2.05, 4.69) is 27.9 Å². The summed E-state index contributed by atoms with van der Waals surface area (Å²) in [6.45, 7) is 0. The van der Waals surface area contributed by atoms with E-state index in [1.807, 2.05) is 18.2 Å². The maximum Gasteiger partial charge on any atom is 0.246 e. The maximum atomic E-state index is 12.2. The van der Waals surface area contributed by atoms with Crippen molar-refractivity contribution in [2.45, 2.75) is 5.92 Å². The Morgan fingerprint density at radius 2 is 1.95 bits per heavy atom. The van der Waals surface area contributed by atoms with Gasteiger partial charge in [0.1, 0.15) is 0 Å². The topological polar surface area (TPSA) is 52.9 Å². The molecule has 1 atom stereocenters. The molecular formula is C15H10ClIN2O. The van der Waals surface area contributed by atoms with Crippen LogP contribution >= 0.6 is 34.2 Å². The molecule has 1 N–H and O–H groups in total. The average Bonchev–Trinajstić information content (AvgIpc) is 2.44. The third-order valence-corrected chi connectivity index (χ3v) is 3.70. The molecular weight excluding hydrogens is 387 g/mol.